The van der Waals surface area contributed by atoms with Gasteiger partial charge < -0.3 is 18.9 Å². The normalized spacial score (nSPS) is 13.4. The van der Waals surface area contributed by atoms with Crippen LogP contribution in [0.2, 0.25) is 0 Å². The molecular weight excluding hydrogens is 388 g/mol. The number of rotatable bonds is 21. The summed E-state index contributed by atoms with van der Waals surface area (Å²) in [5.74, 6) is -1.11. The van der Waals surface area contributed by atoms with Crippen LogP contribution < -0.4 is 0 Å². The Morgan fingerprint density at radius 3 is 1.42 bits per heavy atom. The first-order valence-electron chi connectivity index (χ1n) is 13.1. The predicted octanol–water partition coefficient (Wildman–Crippen LogP) is 8.44. The average Bonchev–Trinajstić information content (AvgIpc) is 2.80. The summed E-state index contributed by atoms with van der Waals surface area (Å²) in [6.45, 7) is 18.2. The van der Waals surface area contributed by atoms with Gasteiger partial charge >= 0.3 is 5.97 Å². The molecule has 0 radical (unpaired) electrons. The van der Waals surface area contributed by atoms with Gasteiger partial charge in [0.15, 0.2) is 0 Å². The van der Waals surface area contributed by atoms with Gasteiger partial charge in [0.05, 0.1) is 19.8 Å². The Balaban J connectivity index is 0. The van der Waals surface area contributed by atoms with Crippen LogP contribution in [-0.4, -0.2) is 38.5 Å². The third kappa shape index (κ3) is 13.7. The Labute approximate surface area is 195 Å². The Morgan fingerprint density at radius 1 is 0.613 bits per heavy atom. The monoisotopic (exact) mass is 444 g/mol. The number of unbranched alkanes of at least 4 members (excludes halogenated alkanes) is 5. The molecule has 0 aromatic carbocycles. The second kappa shape index (κ2) is 22.8. The van der Waals surface area contributed by atoms with Crippen LogP contribution in [0.15, 0.2) is 12.7 Å². The van der Waals surface area contributed by atoms with E-state index in [1.54, 1.807) is 7.11 Å². The molecule has 1 unspecified atom stereocenters. The van der Waals surface area contributed by atoms with E-state index in [2.05, 4.69) is 48.1 Å². The lowest BCUT2D eigenvalue weighted by atomic mass is 9.87. The highest BCUT2D eigenvalue weighted by atomic mass is 16.9. The lowest BCUT2D eigenvalue weighted by Crippen LogP contribution is -2.61. The van der Waals surface area contributed by atoms with Crippen LogP contribution in [0.5, 0.6) is 0 Å². The Hall–Kier alpha value is -0.420. The number of ether oxygens (including phenoxy) is 4. The summed E-state index contributed by atoms with van der Waals surface area (Å²) in [6, 6.07) is 0. The first kappa shape index (κ1) is 32.8. The van der Waals surface area contributed by atoms with Crippen LogP contribution in [-0.2, 0) is 18.9 Å². The zero-order chi connectivity index (χ0) is 23.8. The van der Waals surface area contributed by atoms with Gasteiger partial charge in [-0.15, -0.1) is 6.58 Å². The number of methoxy groups -OCH3 is 1. The average molecular weight is 445 g/mol. The van der Waals surface area contributed by atoms with E-state index < -0.39 is 11.6 Å². The smallest absolute Gasteiger partial charge is 0.313 e. The Morgan fingerprint density at radius 2 is 1.06 bits per heavy atom. The minimum absolute atomic E-state index is 0.563. The molecule has 31 heavy (non-hydrogen) atoms. The Bertz CT molecular complexity index is 350. The van der Waals surface area contributed by atoms with Crippen molar-refractivity contribution < 1.29 is 18.9 Å². The molecule has 0 heterocycles. The first-order chi connectivity index (χ1) is 15.0. The summed E-state index contributed by atoms with van der Waals surface area (Å²) in [6.07, 6.45) is 16.1. The van der Waals surface area contributed by atoms with Gasteiger partial charge in [-0.2, -0.15) is 0 Å². The van der Waals surface area contributed by atoms with Crippen molar-refractivity contribution in [1.82, 2.24) is 0 Å². The van der Waals surface area contributed by atoms with Gasteiger partial charge in [0.1, 0.15) is 5.60 Å². The largest absolute Gasteiger partial charge is 0.370 e. The van der Waals surface area contributed by atoms with Crippen molar-refractivity contribution in [3.63, 3.8) is 0 Å². The van der Waals surface area contributed by atoms with E-state index in [4.69, 9.17) is 18.9 Å². The van der Waals surface area contributed by atoms with Gasteiger partial charge in [-0.05, 0) is 38.5 Å². The molecule has 4 heteroatoms. The highest BCUT2D eigenvalue weighted by Gasteiger charge is 2.55. The quantitative estimate of drug-likeness (QED) is 0.101. The van der Waals surface area contributed by atoms with E-state index in [9.17, 15) is 0 Å². The van der Waals surface area contributed by atoms with E-state index in [0.717, 1.165) is 51.4 Å². The van der Waals surface area contributed by atoms with Crippen LogP contribution in [0.4, 0.5) is 0 Å². The standard InChI is InChI=1S/C23H48O4.C4H8/c1-7-12-13-14-15-16-18-22(24-6,17-8-2)23(25-19-9-3,26-20-10-4)27-21-11-5;1-3-4-2/h7-21H2,1-6H3;3H,1,4H2,2H3. The van der Waals surface area contributed by atoms with Crippen molar-refractivity contribution in [2.24, 2.45) is 0 Å². The topological polar surface area (TPSA) is 36.9 Å². The van der Waals surface area contributed by atoms with Crippen molar-refractivity contribution in [2.45, 2.75) is 137 Å². The third-order valence-electron chi connectivity index (χ3n) is 5.31. The second-order valence-electron chi connectivity index (χ2n) is 8.26. The van der Waals surface area contributed by atoms with Crippen LogP contribution in [0.3, 0.4) is 0 Å². The van der Waals surface area contributed by atoms with E-state index in [-0.39, 0.29) is 0 Å². The highest BCUT2D eigenvalue weighted by Crippen LogP contribution is 2.41. The van der Waals surface area contributed by atoms with Crippen LogP contribution in [0.1, 0.15) is 125 Å². The predicted molar refractivity (Wildman–Crippen MR) is 135 cm³/mol. The van der Waals surface area contributed by atoms with Crippen LogP contribution in [0.25, 0.3) is 0 Å². The summed E-state index contributed by atoms with van der Waals surface area (Å²) < 4.78 is 25.1. The molecule has 1 atom stereocenters. The SMILES string of the molecule is C=CCC.CCCCCCCCC(CCC)(OC)C(OCCC)(OCCC)OCCC. The summed E-state index contributed by atoms with van der Waals surface area (Å²) in [7, 11) is 1.79. The lowest BCUT2D eigenvalue weighted by Gasteiger charge is -2.48. The minimum Gasteiger partial charge on any atom is -0.370 e. The molecule has 0 saturated carbocycles. The maximum Gasteiger partial charge on any atom is 0.313 e. The van der Waals surface area contributed by atoms with E-state index in [1.165, 1.54) is 32.1 Å². The molecule has 0 N–H and O–H groups in total. The molecule has 0 saturated heterocycles. The maximum absolute atomic E-state index is 6.32. The maximum atomic E-state index is 6.32. The van der Waals surface area contributed by atoms with Crippen molar-refractivity contribution in [2.75, 3.05) is 26.9 Å². The molecule has 0 aliphatic carbocycles. The van der Waals surface area contributed by atoms with E-state index in [1.807, 2.05) is 6.08 Å². The molecule has 0 aromatic rings. The first-order valence-corrected chi connectivity index (χ1v) is 13.1. The lowest BCUT2D eigenvalue weighted by molar-refractivity contribution is -0.447. The minimum atomic E-state index is -1.11. The van der Waals surface area contributed by atoms with Crippen molar-refractivity contribution in [3.05, 3.63) is 12.7 Å². The van der Waals surface area contributed by atoms with Crippen molar-refractivity contribution in [1.29, 1.82) is 0 Å². The number of allylic oxidation sites excluding steroid dienone is 1. The van der Waals surface area contributed by atoms with Crippen molar-refractivity contribution >= 4 is 0 Å². The summed E-state index contributed by atoms with van der Waals surface area (Å²) in [5.41, 5.74) is -0.563. The number of hydrogen-bond donors (Lipinski definition) is 0. The molecule has 4 nitrogen and oxygen atoms in total. The fourth-order valence-corrected chi connectivity index (χ4v) is 3.58. The highest BCUT2D eigenvalue weighted by molar-refractivity contribution is 4.91. The van der Waals surface area contributed by atoms with Crippen molar-refractivity contribution in [3.8, 4) is 0 Å². The zero-order valence-corrected chi connectivity index (χ0v) is 22.2. The van der Waals surface area contributed by atoms with Gasteiger partial charge in [-0.25, -0.2) is 0 Å². The fraction of sp³-hybridized carbons (Fsp3) is 0.926. The molecule has 0 aliphatic heterocycles. The van der Waals surface area contributed by atoms with Crippen LogP contribution >= 0.6 is 0 Å². The molecule has 0 aromatic heterocycles. The molecule has 0 aliphatic rings. The molecule has 0 fully saturated rings. The van der Waals surface area contributed by atoms with E-state index in [0.29, 0.717) is 19.8 Å². The zero-order valence-electron chi connectivity index (χ0n) is 22.2. The second-order valence-corrected chi connectivity index (χ2v) is 8.26. The summed E-state index contributed by atoms with van der Waals surface area (Å²) in [5, 5.41) is 0. The van der Waals surface area contributed by atoms with Crippen LogP contribution in [0, 0.1) is 0 Å². The molecule has 0 bridgehead atoms. The number of hydrogen-bond acceptors (Lipinski definition) is 4. The summed E-state index contributed by atoms with van der Waals surface area (Å²) >= 11 is 0. The molecule has 0 rings (SSSR count). The molecule has 0 spiro atoms. The Kier molecular flexibility index (Phi) is 24.1. The van der Waals surface area contributed by atoms with Gasteiger partial charge in [-0.3, -0.25) is 0 Å². The van der Waals surface area contributed by atoms with Gasteiger partial charge in [-0.1, -0.05) is 92.6 Å². The fourth-order valence-electron chi connectivity index (χ4n) is 3.58. The molecule has 188 valence electrons. The molecule has 0 amide bonds. The third-order valence-corrected chi connectivity index (χ3v) is 5.31. The summed E-state index contributed by atoms with van der Waals surface area (Å²) in [4.78, 5) is 0. The van der Waals surface area contributed by atoms with Gasteiger partial charge in [0.2, 0.25) is 0 Å². The van der Waals surface area contributed by atoms with E-state index >= 15 is 0 Å². The van der Waals surface area contributed by atoms with Gasteiger partial charge in [0.25, 0.3) is 0 Å². The molecular formula is C27H56O4. The van der Waals surface area contributed by atoms with Gasteiger partial charge in [0, 0.05) is 7.11 Å².